The van der Waals surface area contributed by atoms with E-state index in [0.29, 0.717) is 30.2 Å². The Hall–Kier alpha value is -1.44. The molecule has 1 aliphatic heterocycles. The van der Waals surface area contributed by atoms with E-state index in [-0.39, 0.29) is 5.56 Å². The first-order chi connectivity index (χ1) is 9.86. The predicted octanol–water partition coefficient (Wildman–Crippen LogP) is 3.39. The fraction of sp³-hybridized carbons (Fsp3) is 0.500. The third-order valence-corrected chi connectivity index (χ3v) is 5.57. The Balaban J connectivity index is 2.52. The minimum atomic E-state index is -2.86. The van der Waals surface area contributed by atoms with E-state index in [4.69, 9.17) is 0 Å². The summed E-state index contributed by atoms with van der Waals surface area (Å²) in [4.78, 5) is 11.3. The Morgan fingerprint density at radius 1 is 1.38 bits per heavy atom. The van der Waals surface area contributed by atoms with Crippen molar-refractivity contribution in [2.45, 2.75) is 26.7 Å². The van der Waals surface area contributed by atoms with Crippen molar-refractivity contribution >= 4 is 28.1 Å². The highest BCUT2D eigenvalue weighted by Crippen LogP contribution is 2.51. The number of nitrogens with zero attached hydrogens (tertiary/aromatic N) is 1. The number of hydrogen-bond donors (Lipinski definition) is 4. The van der Waals surface area contributed by atoms with Crippen molar-refractivity contribution in [3.8, 4) is 0 Å². The summed E-state index contributed by atoms with van der Waals surface area (Å²) >= 11 is 0. The van der Waals surface area contributed by atoms with Gasteiger partial charge in [0.2, 0.25) is 0 Å². The number of hydrogen-bond acceptors (Lipinski definition) is 5. The second-order valence-electron chi connectivity index (χ2n) is 5.15. The molecular formula is C14H22N2O4S. The molecule has 0 radical (unpaired) electrons. The van der Waals surface area contributed by atoms with Crippen LogP contribution < -0.4 is 9.62 Å². The van der Waals surface area contributed by atoms with Gasteiger partial charge in [-0.25, -0.2) is 4.79 Å². The highest BCUT2D eigenvalue weighted by molar-refractivity contribution is 8.25. The first kappa shape index (κ1) is 15.9. The molecule has 6 nitrogen and oxygen atoms in total. The van der Waals surface area contributed by atoms with Crippen LogP contribution in [0.1, 0.15) is 35.7 Å². The van der Waals surface area contributed by atoms with Gasteiger partial charge < -0.3 is 10.4 Å². The molecule has 2 rings (SSSR count). The Morgan fingerprint density at radius 3 is 2.67 bits per heavy atom. The first-order valence-corrected chi connectivity index (χ1v) is 8.69. The van der Waals surface area contributed by atoms with Gasteiger partial charge in [-0.3, -0.25) is 13.4 Å². The zero-order valence-electron chi connectivity index (χ0n) is 12.3. The minimum Gasteiger partial charge on any atom is -0.478 e. The first-order valence-electron chi connectivity index (χ1n) is 7.02. The van der Waals surface area contributed by atoms with Gasteiger partial charge in [-0.05, 0) is 44.4 Å². The Morgan fingerprint density at radius 2 is 2.10 bits per heavy atom. The van der Waals surface area contributed by atoms with Crippen molar-refractivity contribution in [3.05, 3.63) is 23.3 Å². The van der Waals surface area contributed by atoms with Crippen LogP contribution in [0.2, 0.25) is 0 Å². The van der Waals surface area contributed by atoms with Crippen molar-refractivity contribution in [2.24, 2.45) is 0 Å². The second-order valence-corrected chi connectivity index (χ2v) is 7.26. The van der Waals surface area contributed by atoms with Crippen LogP contribution in [-0.4, -0.2) is 39.0 Å². The molecule has 7 heteroatoms. The molecule has 1 aliphatic rings. The van der Waals surface area contributed by atoms with Crippen LogP contribution in [0, 0.1) is 6.92 Å². The van der Waals surface area contributed by atoms with Crippen LogP contribution in [0.15, 0.2) is 12.1 Å². The molecule has 1 aromatic carbocycles. The average molecular weight is 314 g/mol. The highest BCUT2D eigenvalue weighted by Gasteiger charge is 2.29. The van der Waals surface area contributed by atoms with Crippen LogP contribution >= 0.6 is 10.8 Å². The van der Waals surface area contributed by atoms with E-state index >= 15 is 0 Å². The van der Waals surface area contributed by atoms with E-state index in [1.54, 1.807) is 10.4 Å². The van der Waals surface area contributed by atoms with Crippen molar-refractivity contribution in [2.75, 3.05) is 28.5 Å². The maximum Gasteiger partial charge on any atom is 0.335 e. The summed E-state index contributed by atoms with van der Waals surface area (Å²) in [5.74, 6) is -0.691. The molecule has 1 saturated heterocycles. The summed E-state index contributed by atoms with van der Waals surface area (Å²) in [7, 11) is -2.86. The molecule has 0 bridgehead atoms. The molecule has 0 atom stereocenters. The maximum absolute atomic E-state index is 11.3. The highest BCUT2D eigenvalue weighted by atomic mass is 32.3. The van der Waals surface area contributed by atoms with Crippen LogP contribution in [0.25, 0.3) is 0 Å². The van der Waals surface area contributed by atoms with Crippen molar-refractivity contribution in [1.29, 1.82) is 0 Å². The lowest BCUT2D eigenvalue weighted by molar-refractivity contribution is 0.0697. The normalized spacial score (nSPS) is 19.1. The molecule has 1 heterocycles. The lowest BCUT2D eigenvalue weighted by atomic mass is 10.1. The molecule has 0 aromatic heterocycles. The molecule has 0 amide bonds. The molecule has 1 fully saturated rings. The number of carboxylic acid groups (broad SMARTS) is 1. The van der Waals surface area contributed by atoms with Crippen LogP contribution in [0.4, 0.5) is 11.4 Å². The van der Waals surface area contributed by atoms with Gasteiger partial charge in [0.05, 0.1) is 17.0 Å². The number of anilines is 2. The fourth-order valence-electron chi connectivity index (χ4n) is 2.54. The SMILES string of the molecule is CCNc1cc(C(=O)O)cc(N2CCCCS2(O)O)c1C. The van der Waals surface area contributed by atoms with E-state index in [2.05, 4.69) is 5.32 Å². The minimum absolute atomic E-state index is 0.146. The summed E-state index contributed by atoms with van der Waals surface area (Å²) in [5, 5.41) is 12.4. The molecule has 21 heavy (non-hydrogen) atoms. The molecule has 0 saturated carbocycles. The number of carboxylic acids is 1. The number of nitrogens with one attached hydrogen (secondary N) is 1. The topological polar surface area (TPSA) is 93.0 Å². The third-order valence-electron chi connectivity index (χ3n) is 3.65. The molecular weight excluding hydrogens is 292 g/mol. The predicted molar refractivity (Wildman–Crippen MR) is 86.6 cm³/mol. The van der Waals surface area contributed by atoms with Gasteiger partial charge in [0.25, 0.3) is 0 Å². The van der Waals surface area contributed by atoms with Crippen molar-refractivity contribution in [3.63, 3.8) is 0 Å². The lowest BCUT2D eigenvalue weighted by Crippen LogP contribution is -2.35. The van der Waals surface area contributed by atoms with Crippen LogP contribution in [-0.2, 0) is 0 Å². The summed E-state index contributed by atoms with van der Waals surface area (Å²) in [6.07, 6.45) is 1.64. The van der Waals surface area contributed by atoms with Crippen molar-refractivity contribution in [1.82, 2.24) is 0 Å². The smallest absolute Gasteiger partial charge is 0.335 e. The quantitative estimate of drug-likeness (QED) is 0.681. The zero-order chi connectivity index (χ0) is 15.6. The van der Waals surface area contributed by atoms with E-state index < -0.39 is 16.7 Å². The van der Waals surface area contributed by atoms with Gasteiger partial charge in [0.15, 0.2) is 0 Å². The fourth-order valence-corrected chi connectivity index (χ4v) is 4.28. The largest absolute Gasteiger partial charge is 0.478 e. The maximum atomic E-state index is 11.3. The zero-order valence-corrected chi connectivity index (χ0v) is 13.1. The lowest BCUT2D eigenvalue weighted by Gasteiger charge is -2.48. The molecule has 4 N–H and O–H groups in total. The number of aromatic carboxylic acids is 1. The summed E-state index contributed by atoms with van der Waals surface area (Å²) in [5.41, 5.74) is 2.29. The third kappa shape index (κ3) is 3.25. The monoisotopic (exact) mass is 314 g/mol. The van der Waals surface area contributed by atoms with Gasteiger partial charge in [-0.2, -0.15) is 0 Å². The Labute approximate surface area is 126 Å². The van der Waals surface area contributed by atoms with Gasteiger partial charge in [0.1, 0.15) is 0 Å². The van der Waals surface area contributed by atoms with Crippen LogP contribution in [0.3, 0.4) is 0 Å². The van der Waals surface area contributed by atoms with Crippen molar-refractivity contribution < 1.29 is 19.0 Å². The Bertz CT molecular complexity index is 548. The van der Waals surface area contributed by atoms with E-state index in [9.17, 15) is 19.0 Å². The molecule has 0 unspecified atom stereocenters. The summed E-state index contributed by atoms with van der Waals surface area (Å²) in [6.45, 7) is 4.99. The second kappa shape index (κ2) is 6.13. The van der Waals surface area contributed by atoms with Gasteiger partial charge in [-0.15, -0.1) is 10.8 Å². The molecule has 0 spiro atoms. The van der Waals surface area contributed by atoms with E-state index in [1.165, 1.54) is 6.07 Å². The van der Waals surface area contributed by atoms with Crippen LogP contribution in [0.5, 0.6) is 0 Å². The summed E-state index contributed by atoms with van der Waals surface area (Å²) < 4.78 is 22.1. The van der Waals surface area contributed by atoms with Gasteiger partial charge in [0, 0.05) is 18.8 Å². The molecule has 1 aromatic rings. The summed E-state index contributed by atoms with van der Waals surface area (Å²) in [6, 6.07) is 3.11. The molecule has 0 aliphatic carbocycles. The molecule has 118 valence electrons. The number of rotatable bonds is 4. The number of benzene rings is 1. The van der Waals surface area contributed by atoms with Gasteiger partial charge >= 0.3 is 5.97 Å². The van der Waals surface area contributed by atoms with Gasteiger partial charge in [-0.1, -0.05) is 0 Å². The number of carbonyl (C=O) groups is 1. The van der Waals surface area contributed by atoms with E-state index in [1.807, 2.05) is 13.8 Å². The van der Waals surface area contributed by atoms with E-state index in [0.717, 1.165) is 18.4 Å². The average Bonchev–Trinajstić information content (AvgIpc) is 2.41. The Kier molecular flexibility index (Phi) is 4.65. The standard InChI is InChI=1S/C14H22N2O4S/c1-3-15-12-8-11(14(17)18)9-13(10(12)2)16-6-4-5-7-21(16,19)20/h8-9,15,19-20H,3-7H2,1-2H3,(H,17,18).